The maximum absolute atomic E-state index is 12.4. The molecule has 0 spiro atoms. The Morgan fingerprint density at radius 1 is 1.08 bits per heavy atom. The van der Waals surface area contributed by atoms with Crippen LogP contribution in [0.2, 0.25) is 0 Å². The molecule has 0 aliphatic heterocycles. The van der Waals surface area contributed by atoms with Gasteiger partial charge < -0.3 is 9.73 Å². The molecule has 1 aromatic carbocycles. The smallest absolute Gasteiger partial charge is 0.288 e. The minimum atomic E-state index is -1.72. The van der Waals surface area contributed by atoms with Gasteiger partial charge >= 0.3 is 0 Å². The van der Waals surface area contributed by atoms with Crippen molar-refractivity contribution in [3.8, 4) is 0 Å². The van der Waals surface area contributed by atoms with Gasteiger partial charge in [0.25, 0.3) is 5.91 Å². The predicted octanol–water partition coefficient (Wildman–Crippen LogP) is 4.79. The summed E-state index contributed by atoms with van der Waals surface area (Å²) < 4.78 is 3.90. The third-order valence-electron chi connectivity index (χ3n) is 3.52. The molecule has 0 aliphatic rings. The molecular weight excluding hydrogens is 383 g/mol. The van der Waals surface area contributed by atoms with Crippen LogP contribution in [0.3, 0.4) is 0 Å². The molecule has 0 saturated carbocycles. The average molecular weight is 404 g/mol. The van der Waals surface area contributed by atoms with E-state index in [0.29, 0.717) is 12.3 Å². The number of carbonyl (C=O) groups excluding carboxylic acids is 1. The lowest BCUT2D eigenvalue weighted by Gasteiger charge is -2.26. The first-order chi connectivity index (χ1) is 11.6. The van der Waals surface area contributed by atoms with E-state index < -0.39 is 15.9 Å². The van der Waals surface area contributed by atoms with Crippen LogP contribution < -0.4 is 10.6 Å². The zero-order valence-corrected chi connectivity index (χ0v) is 16.5. The van der Waals surface area contributed by atoms with Crippen LogP contribution in [0.15, 0.2) is 46.9 Å². The second kappa shape index (κ2) is 8.00. The van der Waals surface area contributed by atoms with Gasteiger partial charge in [-0.3, -0.25) is 10.1 Å². The number of nitrogens with one attached hydrogen (secondary N) is 2. The van der Waals surface area contributed by atoms with Crippen LogP contribution in [0.4, 0.5) is 0 Å². The molecular formula is C18H21Cl3N2O2. The van der Waals surface area contributed by atoms with Crippen LogP contribution in [-0.2, 0) is 12.0 Å². The van der Waals surface area contributed by atoms with Crippen molar-refractivity contribution >= 4 is 40.7 Å². The number of hydrogen-bond donors (Lipinski definition) is 2. The van der Waals surface area contributed by atoms with Gasteiger partial charge in [-0.25, -0.2) is 0 Å². The lowest BCUT2D eigenvalue weighted by Crippen LogP contribution is -2.53. The quantitative estimate of drug-likeness (QED) is 0.557. The molecule has 25 heavy (non-hydrogen) atoms. The number of furan rings is 1. The standard InChI is InChI=1S/C18H21Cl3N2O2/c1-17(2,3)14-10-9-13(25-14)15(24)23-16(18(19,20)21)22-11-12-7-5-4-6-8-12/h4-10,16,22H,11H2,1-3H3,(H,23,24). The molecule has 136 valence electrons. The van der Waals surface area contributed by atoms with Crippen molar-refractivity contribution in [2.24, 2.45) is 0 Å². The van der Waals surface area contributed by atoms with E-state index in [2.05, 4.69) is 10.6 Å². The summed E-state index contributed by atoms with van der Waals surface area (Å²) in [7, 11) is 0. The molecule has 1 amide bonds. The van der Waals surface area contributed by atoms with Crippen LogP contribution in [-0.4, -0.2) is 15.9 Å². The average Bonchev–Trinajstić information content (AvgIpc) is 3.01. The molecule has 0 bridgehead atoms. The summed E-state index contributed by atoms with van der Waals surface area (Å²) in [6, 6.07) is 13.0. The highest BCUT2D eigenvalue weighted by Crippen LogP contribution is 2.30. The Bertz CT molecular complexity index is 703. The fourth-order valence-corrected chi connectivity index (χ4v) is 2.52. The topological polar surface area (TPSA) is 54.3 Å². The van der Waals surface area contributed by atoms with Crippen molar-refractivity contribution in [1.29, 1.82) is 0 Å². The van der Waals surface area contributed by atoms with Crippen molar-refractivity contribution in [3.63, 3.8) is 0 Å². The molecule has 2 aromatic rings. The van der Waals surface area contributed by atoms with Crippen LogP contribution in [0.25, 0.3) is 0 Å². The van der Waals surface area contributed by atoms with Crippen LogP contribution >= 0.6 is 34.8 Å². The molecule has 2 rings (SSSR count). The van der Waals surface area contributed by atoms with Gasteiger partial charge in [0.15, 0.2) is 5.76 Å². The Balaban J connectivity index is 2.06. The van der Waals surface area contributed by atoms with Gasteiger partial charge in [-0.1, -0.05) is 85.9 Å². The molecule has 2 N–H and O–H groups in total. The summed E-state index contributed by atoms with van der Waals surface area (Å²) in [5.41, 5.74) is 0.808. The fraction of sp³-hybridized carbons (Fsp3) is 0.389. The number of alkyl halides is 3. The fourth-order valence-electron chi connectivity index (χ4n) is 2.13. The van der Waals surface area contributed by atoms with E-state index in [1.54, 1.807) is 12.1 Å². The van der Waals surface area contributed by atoms with Gasteiger partial charge in [-0.2, -0.15) is 0 Å². The lowest BCUT2D eigenvalue weighted by molar-refractivity contribution is 0.0897. The Kier molecular flexibility index (Phi) is 6.44. The minimum absolute atomic E-state index is 0.172. The molecule has 0 saturated heterocycles. The summed E-state index contributed by atoms with van der Waals surface area (Å²) in [6.07, 6.45) is -0.881. The molecule has 1 heterocycles. The number of amides is 1. The molecule has 4 nitrogen and oxygen atoms in total. The van der Waals surface area contributed by atoms with E-state index in [4.69, 9.17) is 39.2 Å². The first kappa shape index (κ1) is 20.1. The Morgan fingerprint density at radius 3 is 2.24 bits per heavy atom. The number of rotatable bonds is 5. The van der Waals surface area contributed by atoms with E-state index in [1.807, 2.05) is 51.1 Å². The number of carbonyl (C=O) groups is 1. The van der Waals surface area contributed by atoms with Crippen molar-refractivity contribution < 1.29 is 9.21 Å². The van der Waals surface area contributed by atoms with Gasteiger partial charge in [0.2, 0.25) is 3.79 Å². The van der Waals surface area contributed by atoms with Crippen molar-refractivity contribution in [2.45, 2.75) is 42.7 Å². The first-order valence-corrected chi connectivity index (χ1v) is 8.96. The molecule has 0 aliphatic carbocycles. The van der Waals surface area contributed by atoms with Crippen molar-refractivity contribution in [1.82, 2.24) is 10.6 Å². The van der Waals surface area contributed by atoms with E-state index in [-0.39, 0.29) is 11.2 Å². The second-order valence-corrected chi connectivity index (χ2v) is 9.10. The van der Waals surface area contributed by atoms with Crippen LogP contribution in [0.5, 0.6) is 0 Å². The summed E-state index contributed by atoms with van der Waals surface area (Å²) >= 11 is 18.0. The van der Waals surface area contributed by atoms with Crippen molar-refractivity contribution in [2.75, 3.05) is 0 Å². The number of benzene rings is 1. The van der Waals surface area contributed by atoms with E-state index in [1.165, 1.54) is 0 Å². The monoisotopic (exact) mass is 402 g/mol. The van der Waals surface area contributed by atoms with Gasteiger partial charge in [0.1, 0.15) is 11.9 Å². The normalized spacial score (nSPS) is 13.5. The zero-order valence-electron chi connectivity index (χ0n) is 14.3. The van der Waals surface area contributed by atoms with Crippen LogP contribution in [0, 0.1) is 0 Å². The van der Waals surface area contributed by atoms with Gasteiger partial charge in [-0.15, -0.1) is 0 Å². The van der Waals surface area contributed by atoms with E-state index in [0.717, 1.165) is 5.56 Å². The predicted molar refractivity (Wildman–Crippen MR) is 102 cm³/mol. The molecule has 1 aromatic heterocycles. The summed E-state index contributed by atoms with van der Waals surface area (Å²) in [6.45, 7) is 6.43. The maximum Gasteiger partial charge on any atom is 0.288 e. The Morgan fingerprint density at radius 2 is 1.72 bits per heavy atom. The highest BCUT2D eigenvalue weighted by molar-refractivity contribution is 6.68. The van der Waals surface area contributed by atoms with Gasteiger partial charge in [0.05, 0.1) is 0 Å². The van der Waals surface area contributed by atoms with E-state index >= 15 is 0 Å². The summed E-state index contributed by atoms with van der Waals surface area (Å²) in [5, 5.41) is 5.71. The zero-order chi connectivity index (χ0) is 18.7. The number of hydrogen-bond acceptors (Lipinski definition) is 3. The Labute approximate surface area is 162 Å². The molecule has 7 heteroatoms. The van der Waals surface area contributed by atoms with E-state index in [9.17, 15) is 4.79 Å². The molecule has 0 fully saturated rings. The van der Waals surface area contributed by atoms with Crippen LogP contribution in [0.1, 0.15) is 42.6 Å². The van der Waals surface area contributed by atoms with Gasteiger partial charge in [-0.05, 0) is 17.7 Å². The van der Waals surface area contributed by atoms with Crippen molar-refractivity contribution in [3.05, 3.63) is 59.5 Å². The number of halogens is 3. The molecule has 0 radical (unpaired) electrons. The highest BCUT2D eigenvalue weighted by atomic mass is 35.6. The summed E-state index contributed by atoms with van der Waals surface area (Å²) in [5.74, 6) is 0.429. The first-order valence-electron chi connectivity index (χ1n) is 7.82. The minimum Gasteiger partial charge on any atom is -0.455 e. The third kappa shape index (κ3) is 5.93. The molecule has 1 unspecified atom stereocenters. The lowest BCUT2D eigenvalue weighted by atomic mass is 9.94. The molecule has 1 atom stereocenters. The van der Waals surface area contributed by atoms with Gasteiger partial charge in [0, 0.05) is 12.0 Å². The second-order valence-electron chi connectivity index (χ2n) is 6.73. The SMILES string of the molecule is CC(C)(C)c1ccc(C(=O)NC(NCc2ccccc2)C(Cl)(Cl)Cl)o1. The maximum atomic E-state index is 12.4. The summed E-state index contributed by atoms with van der Waals surface area (Å²) in [4.78, 5) is 12.4. The Hall–Kier alpha value is -1.20. The third-order valence-corrected chi connectivity index (χ3v) is 4.18. The largest absolute Gasteiger partial charge is 0.455 e. The highest BCUT2D eigenvalue weighted by Gasteiger charge is 2.34.